The Labute approximate surface area is 179 Å². The molecule has 7 heteroatoms. The Bertz CT molecular complexity index is 1170. The zero-order chi connectivity index (χ0) is 21.8. The van der Waals surface area contributed by atoms with Crippen molar-refractivity contribution < 1.29 is 19.1 Å². The van der Waals surface area contributed by atoms with Gasteiger partial charge in [-0.2, -0.15) is 5.10 Å². The first-order valence-corrected chi connectivity index (χ1v) is 10.6. The number of nitrogens with one attached hydrogen (secondary N) is 1. The SMILES string of the molecule is Cn1nc(-c2ccc(C(=O)NC34CCC(C(=O)O)(CC3)CC4)cc2)c2c(F)cccc21. The highest BCUT2D eigenvalue weighted by atomic mass is 19.1. The number of aromatic nitrogens is 2. The van der Waals surface area contributed by atoms with E-state index in [9.17, 15) is 19.1 Å². The fourth-order valence-corrected chi connectivity index (χ4v) is 5.26. The minimum Gasteiger partial charge on any atom is -0.481 e. The third kappa shape index (κ3) is 3.10. The second kappa shape index (κ2) is 6.90. The van der Waals surface area contributed by atoms with Crippen molar-refractivity contribution in [1.29, 1.82) is 0 Å². The van der Waals surface area contributed by atoms with Gasteiger partial charge in [0.15, 0.2) is 0 Å². The lowest BCUT2D eigenvalue weighted by Gasteiger charge is -2.51. The number of amides is 1. The van der Waals surface area contributed by atoms with Gasteiger partial charge in [-0.05, 0) is 62.8 Å². The van der Waals surface area contributed by atoms with Gasteiger partial charge in [0.1, 0.15) is 11.5 Å². The van der Waals surface area contributed by atoms with Crippen molar-refractivity contribution in [3.63, 3.8) is 0 Å². The maximum atomic E-state index is 14.4. The molecule has 0 radical (unpaired) electrons. The zero-order valence-electron chi connectivity index (χ0n) is 17.3. The number of aryl methyl sites for hydroxylation is 1. The summed E-state index contributed by atoms with van der Waals surface area (Å²) in [7, 11) is 1.78. The Morgan fingerprint density at radius 2 is 1.68 bits per heavy atom. The van der Waals surface area contributed by atoms with Crippen molar-refractivity contribution in [3.05, 3.63) is 53.8 Å². The average Bonchev–Trinajstić information content (AvgIpc) is 3.13. The van der Waals surface area contributed by atoms with Gasteiger partial charge in [-0.15, -0.1) is 0 Å². The molecule has 0 unspecified atom stereocenters. The summed E-state index contributed by atoms with van der Waals surface area (Å²) < 4.78 is 16.1. The number of benzene rings is 2. The van der Waals surface area contributed by atoms with Gasteiger partial charge in [-0.25, -0.2) is 4.39 Å². The van der Waals surface area contributed by atoms with E-state index in [4.69, 9.17) is 0 Å². The first-order chi connectivity index (χ1) is 14.8. The zero-order valence-corrected chi connectivity index (χ0v) is 17.3. The van der Waals surface area contributed by atoms with Crippen molar-refractivity contribution in [2.45, 2.75) is 44.1 Å². The Morgan fingerprint density at radius 1 is 1.03 bits per heavy atom. The predicted molar refractivity (Wildman–Crippen MR) is 114 cm³/mol. The molecule has 3 aromatic rings. The Balaban J connectivity index is 1.36. The van der Waals surface area contributed by atoms with Crippen LogP contribution in [-0.4, -0.2) is 32.3 Å². The molecule has 31 heavy (non-hydrogen) atoms. The van der Waals surface area contributed by atoms with E-state index in [0.717, 1.165) is 5.56 Å². The van der Waals surface area contributed by atoms with Crippen LogP contribution in [0.5, 0.6) is 0 Å². The lowest BCUT2D eigenvalue weighted by Crippen LogP contribution is -2.58. The normalized spacial score (nSPS) is 25.0. The Hall–Kier alpha value is -3.22. The minimum absolute atomic E-state index is 0.159. The highest BCUT2D eigenvalue weighted by molar-refractivity contribution is 5.97. The molecule has 3 aliphatic carbocycles. The molecule has 6 nitrogen and oxygen atoms in total. The van der Waals surface area contributed by atoms with E-state index in [1.54, 1.807) is 42.1 Å². The van der Waals surface area contributed by atoms with E-state index in [1.807, 2.05) is 6.07 Å². The van der Waals surface area contributed by atoms with E-state index in [-0.39, 0.29) is 17.3 Å². The Kier molecular flexibility index (Phi) is 4.39. The van der Waals surface area contributed by atoms with Crippen LogP contribution in [0.15, 0.2) is 42.5 Å². The monoisotopic (exact) mass is 421 g/mol. The molecule has 6 rings (SSSR count). The topological polar surface area (TPSA) is 84.2 Å². The number of nitrogens with zero attached hydrogens (tertiary/aromatic N) is 2. The molecule has 0 saturated heterocycles. The average molecular weight is 421 g/mol. The van der Waals surface area contributed by atoms with Crippen LogP contribution in [0.2, 0.25) is 0 Å². The summed E-state index contributed by atoms with van der Waals surface area (Å²) in [5.74, 6) is -1.19. The number of rotatable bonds is 4. The number of hydrogen-bond acceptors (Lipinski definition) is 3. The number of fused-ring (bicyclic) bond motifs is 4. The van der Waals surface area contributed by atoms with Crippen LogP contribution in [0.1, 0.15) is 48.9 Å². The molecule has 3 fully saturated rings. The fraction of sp³-hybridized carbons (Fsp3) is 0.375. The van der Waals surface area contributed by atoms with Crippen LogP contribution in [0, 0.1) is 11.2 Å². The summed E-state index contributed by atoms with van der Waals surface area (Å²) in [6.45, 7) is 0. The summed E-state index contributed by atoms with van der Waals surface area (Å²) in [5, 5.41) is 17.7. The van der Waals surface area contributed by atoms with Crippen molar-refractivity contribution in [3.8, 4) is 11.3 Å². The molecule has 0 aliphatic heterocycles. The summed E-state index contributed by atoms with van der Waals surface area (Å²) >= 11 is 0. The predicted octanol–water partition coefficient (Wildman–Crippen LogP) is 4.29. The molecular weight excluding hydrogens is 397 g/mol. The number of carbonyl (C=O) groups excluding carboxylic acids is 1. The van der Waals surface area contributed by atoms with Crippen molar-refractivity contribution in [2.24, 2.45) is 12.5 Å². The molecule has 1 heterocycles. The summed E-state index contributed by atoms with van der Waals surface area (Å²) in [4.78, 5) is 24.5. The molecule has 2 N–H and O–H groups in total. The third-order valence-corrected chi connectivity index (χ3v) is 7.33. The molecule has 3 saturated carbocycles. The molecule has 1 aromatic heterocycles. The number of carboxylic acids is 1. The van der Waals surface area contributed by atoms with Crippen LogP contribution >= 0.6 is 0 Å². The van der Waals surface area contributed by atoms with Gasteiger partial charge in [-0.3, -0.25) is 14.3 Å². The molecule has 2 aromatic carbocycles. The lowest BCUT2D eigenvalue weighted by molar-refractivity contribution is -0.156. The second-order valence-corrected chi connectivity index (χ2v) is 9.00. The van der Waals surface area contributed by atoms with Crippen LogP contribution in [0.3, 0.4) is 0 Å². The summed E-state index contributed by atoms with van der Waals surface area (Å²) in [6, 6.07) is 11.9. The highest BCUT2D eigenvalue weighted by Gasteiger charge is 2.53. The number of hydrogen-bond donors (Lipinski definition) is 2. The maximum absolute atomic E-state index is 14.4. The molecule has 1 amide bonds. The minimum atomic E-state index is -0.707. The molecule has 160 valence electrons. The van der Waals surface area contributed by atoms with Gasteiger partial charge >= 0.3 is 5.97 Å². The van der Waals surface area contributed by atoms with E-state index in [0.29, 0.717) is 60.7 Å². The van der Waals surface area contributed by atoms with Crippen LogP contribution in [-0.2, 0) is 11.8 Å². The standard InChI is InChI=1S/C24H24FN3O3/c1-28-18-4-2-3-17(25)19(18)20(27-28)15-5-7-16(8-6-15)21(29)26-24-12-9-23(10-13-24,11-14-24)22(30)31/h2-8H,9-14H2,1H3,(H,26,29)(H,30,31). The van der Waals surface area contributed by atoms with Crippen LogP contribution in [0.25, 0.3) is 22.2 Å². The van der Waals surface area contributed by atoms with Gasteiger partial charge in [0, 0.05) is 23.7 Å². The first-order valence-electron chi connectivity index (χ1n) is 10.6. The van der Waals surface area contributed by atoms with Crippen molar-refractivity contribution >= 4 is 22.8 Å². The number of halogens is 1. The van der Waals surface area contributed by atoms with E-state index < -0.39 is 11.4 Å². The fourth-order valence-electron chi connectivity index (χ4n) is 5.26. The number of carboxylic acid groups (broad SMARTS) is 1. The lowest BCUT2D eigenvalue weighted by atomic mass is 9.57. The molecule has 0 spiro atoms. The van der Waals surface area contributed by atoms with E-state index in [2.05, 4.69) is 10.4 Å². The first kappa shape index (κ1) is 19.7. The maximum Gasteiger partial charge on any atom is 0.309 e. The Morgan fingerprint density at radius 3 is 2.29 bits per heavy atom. The van der Waals surface area contributed by atoms with E-state index in [1.165, 1.54) is 6.07 Å². The van der Waals surface area contributed by atoms with Crippen LogP contribution in [0.4, 0.5) is 4.39 Å². The second-order valence-electron chi connectivity index (χ2n) is 9.00. The van der Waals surface area contributed by atoms with Gasteiger partial charge in [-0.1, -0.05) is 18.2 Å². The van der Waals surface area contributed by atoms with Crippen molar-refractivity contribution in [2.75, 3.05) is 0 Å². The number of carbonyl (C=O) groups is 2. The molecule has 0 atom stereocenters. The largest absolute Gasteiger partial charge is 0.481 e. The summed E-state index contributed by atoms with van der Waals surface area (Å²) in [5.41, 5.74) is 1.61. The van der Waals surface area contributed by atoms with Crippen molar-refractivity contribution in [1.82, 2.24) is 15.1 Å². The third-order valence-electron chi connectivity index (χ3n) is 7.33. The smallest absolute Gasteiger partial charge is 0.309 e. The van der Waals surface area contributed by atoms with Gasteiger partial charge in [0.25, 0.3) is 5.91 Å². The molecule has 2 bridgehead atoms. The van der Waals surface area contributed by atoms with E-state index >= 15 is 0 Å². The quantitative estimate of drug-likeness (QED) is 0.658. The molecular formula is C24H24FN3O3. The number of aliphatic carboxylic acids is 1. The van der Waals surface area contributed by atoms with Gasteiger partial charge < -0.3 is 10.4 Å². The molecule has 3 aliphatic rings. The van der Waals surface area contributed by atoms with Gasteiger partial charge in [0.2, 0.25) is 0 Å². The van der Waals surface area contributed by atoms with Gasteiger partial charge in [0.05, 0.1) is 16.3 Å². The highest BCUT2D eigenvalue weighted by Crippen LogP contribution is 2.52. The summed E-state index contributed by atoms with van der Waals surface area (Å²) in [6.07, 6.45) is 3.92. The van der Waals surface area contributed by atoms with Crippen LogP contribution < -0.4 is 5.32 Å².